The Morgan fingerprint density at radius 2 is 1.94 bits per heavy atom. The molecule has 2 aromatic carbocycles. The molecule has 0 saturated carbocycles. The summed E-state index contributed by atoms with van der Waals surface area (Å²) >= 11 is 0. The third-order valence-corrected chi connectivity index (χ3v) is 6.76. The highest BCUT2D eigenvalue weighted by Crippen LogP contribution is 2.37. The molecule has 0 unspecified atom stereocenters. The van der Waals surface area contributed by atoms with Crippen LogP contribution in [0, 0.1) is 12.5 Å². The van der Waals surface area contributed by atoms with Crippen molar-refractivity contribution in [3.63, 3.8) is 0 Å². The number of aryl methyl sites for hydroxylation is 1. The van der Waals surface area contributed by atoms with E-state index in [1.165, 1.54) is 0 Å². The number of imidazole rings is 1. The number of hydrogen-bond acceptors (Lipinski definition) is 5. The van der Waals surface area contributed by atoms with Gasteiger partial charge >= 0.3 is 6.01 Å². The Hall–Kier alpha value is -4.22. The van der Waals surface area contributed by atoms with Crippen molar-refractivity contribution in [1.29, 1.82) is 0 Å². The fourth-order valence-corrected chi connectivity index (χ4v) is 4.90. The number of aromatic nitrogens is 5. The molecule has 174 valence electrons. The number of hydrogen-bond donors (Lipinski definition) is 0. The minimum absolute atomic E-state index is 0.481. The molecule has 8 heteroatoms. The van der Waals surface area contributed by atoms with Crippen molar-refractivity contribution in [1.82, 2.24) is 29.0 Å². The molecule has 6 rings (SSSR count). The first-order valence-corrected chi connectivity index (χ1v) is 11.7. The number of nitrogens with zero attached hydrogens (tertiary/aromatic N) is 7. The molecule has 1 atom stereocenters. The molecule has 5 aromatic rings. The van der Waals surface area contributed by atoms with Gasteiger partial charge in [-0.3, -0.25) is 9.08 Å². The minimum atomic E-state index is 0.481. The fraction of sp³-hybridized carbons (Fsp3) is 0.259. The molecule has 0 bridgehead atoms. The lowest BCUT2D eigenvalue weighted by atomic mass is 9.99. The molecule has 0 N–H and O–H groups in total. The standard InChI is InChI=1S/C27H25N7O/c1-28-22-7-4-19(5-8-22)25-24(20-6-9-23-21(14-20)15-30-33(23)3)26-29-11-13-34(26)27(31-25)35-17-18-10-12-32(2)16-18/h4-9,11,13-15,18H,10,12,16-17H2,2-3H3/t18-/m1/s1. The summed E-state index contributed by atoms with van der Waals surface area (Å²) in [5.41, 5.74) is 6.05. The van der Waals surface area contributed by atoms with Gasteiger partial charge < -0.3 is 9.64 Å². The van der Waals surface area contributed by atoms with Crippen LogP contribution >= 0.6 is 0 Å². The van der Waals surface area contributed by atoms with E-state index < -0.39 is 0 Å². The minimum Gasteiger partial charge on any atom is -0.464 e. The van der Waals surface area contributed by atoms with E-state index in [4.69, 9.17) is 21.3 Å². The Morgan fingerprint density at radius 3 is 2.71 bits per heavy atom. The average Bonchev–Trinajstić information content (AvgIpc) is 3.62. The highest BCUT2D eigenvalue weighted by atomic mass is 16.5. The largest absolute Gasteiger partial charge is 0.464 e. The molecule has 8 nitrogen and oxygen atoms in total. The second-order valence-electron chi connectivity index (χ2n) is 9.17. The number of ether oxygens (including phenoxy) is 1. The van der Waals surface area contributed by atoms with Crippen molar-refractivity contribution < 1.29 is 4.74 Å². The van der Waals surface area contributed by atoms with Gasteiger partial charge in [-0.25, -0.2) is 9.83 Å². The number of fused-ring (bicyclic) bond motifs is 2. The predicted molar refractivity (Wildman–Crippen MR) is 135 cm³/mol. The summed E-state index contributed by atoms with van der Waals surface area (Å²) < 4.78 is 10.1. The van der Waals surface area contributed by atoms with Crippen LogP contribution in [-0.4, -0.2) is 55.8 Å². The van der Waals surface area contributed by atoms with Crippen molar-refractivity contribution in [3.8, 4) is 28.4 Å². The molecule has 0 radical (unpaired) electrons. The molecule has 1 saturated heterocycles. The first-order valence-electron chi connectivity index (χ1n) is 11.7. The van der Waals surface area contributed by atoms with E-state index in [1.807, 2.05) is 52.8 Å². The number of rotatable bonds is 5. The zero-order chi connectivity index (χ0) is 23.9. The maximum absolute atomic E-state index is 7.31. The van der Waals surface area contributed by atoms with Crippen LogP contribution in [0.5, 0.6) is 6.01 Å². The van der Waals surface area contributed by atoms with E-state index in [1.54, 1.807) is 6.20 Å². The lowest BCUT2D eigenvalue weighted by molar-refractivity contribution is 0.230. The summed E-state index contributed by atoms with van der Waals surface area (Å²) in [7, 11) is 4.08. The van der Waals surface area contributed by atoms with Gasteiger partial charge in [0, 0.05) is 37.3 Å². The van der Waals surface area contributed by atoms with Gasteiger partial charge in [-0.1, -0.05) is 30.3 Å². The van der Waals surface area contributed by atoms with Crippen LogP contribution in [0.1, 0.15) is 6.42 Å². The van der Waals surface area contributed by atoms with E-state index >= 15 is 0 Å². The lowest BCUT2D eigenvalue weighted by Gasteiger charge is -2.17. The highest BCUT2D eigenvalue weighted by Gasteiger charge is 2.23. The zero-order valence-electron chi connectivity index (χ0n) is 19.7. The monoisotopic (exact) mass is 463 g/mol. The van der Waals surface area contributed by atoms with E-state index in [2.05, 4.69) is 40.1 Å². The van der Waals surface area contributed by atoms with Crippen molar-refractivity contribution >= 4 is 22.2 Å². The summed E-state index contributed by atoms with van der Waals surface area (Å²) in [4.78, 5) is 15.6. The Balaban J connectivity index is 1.52. The molecule has 1 fully saturated rings. The quantitative estimate of drug-likeness (QED) is 0.349. The molecular formula is C27H25N7O. The second kappa shape index (κ2) is 8.53. The van der Waals surface area contributed by atoms with E-state index in [9.17, 15) is 0 Å². The third-order valence-electron chi connectivity index (χ3n) is 6.76. The molecule has 0 aliphatic carbocycles. The molecular weight excluding hydrogens is 438 g/mol. The zero-order valence-corrected chi connectivity index (χ0v) is 19.7. The average molecular weight is 464 g/mol. The van der Waals surface area contributed by atoms with E-state index in [0.717, 1.165) is 58.4 Å². The van der Waals surface area contributed by atoms with Crippen molar-refractivity contribution in [2.75, 3.05) is 26.7 Å². The van der Waals surface area contributed by atoms with Gasteiger partial charge in [0.05, 0.1) is 36.1 Å². The predicted octanol–water partition coefficient (Wildman–Crippen LogP) is 4.83. The van der Waals surface area contributed by atoms with Crippen LogP contribution in [0.2, 0.25) is 0 Å². The topological polar surface area (TPSA) is 64.8 Å². The molecule has 1 aliphatic heterocycles. The fourth-order valence-electron chi connectivity index (χ4n) is 4.90. The maximum Gasteiger partial charge on any atom is 0.302 e. The van der Waals surface area contributed by atoms with Crippen molar-refractivity contribution in [3.05, 3.63) is 72.5 Å². The van der Waals surface area contributed by atoms with Crippen LogP contribution in [0.25, 0.3) is 43.8 Å². The molecule has 3 aromatic heterocycles. The summed E-state index contributed by atoms with van der Waals surface area (Å²) in [5, 5.41) is 5.44. The summed E-state index contributed by atoms with van der Waals surface area (Å²) in [6.07, 6.45) is 6.68. The first-order chi connectivity index (χ1) is 17.1. The lowest BCUT2D eigenvalue weighted by Crippen LogP contribution is -2.19. The molecule has 0 amide bonds. The normalized spacial score (nSPS) is 16.2. The molecule has 0 spiro atoms. The van der Waals surface area contributed by atoms with Crippen LogP contribution in [0.15, 0.2) is 61.1 Å². The first kappa shape index (κ1) is 21.3. The summed E-state index contributed by atoms with van der Waals surface area (Å²) in [6, 6.07) is 14.3. The van der Waals surface area contributed by atoms with Gasteiger partial charge in [0.1, 0.15) is 0 Å². The van der Waals surface area contributed by atoms with Gasteiger partial charge in [-0.15, -0.1) is 0 Å². The Bertz CT molecular complexity index is 1580. The van der Waals surface area contributed by atoms with Gasteiger partial charge in [0.25, 0.3) is 0 Å². The van der Waals surface area contributed by atoms with E-state index in [-0.39, 0.29) is 0 Å². The molecule has 4 heterocycles. The SMILES string of the molecule is [C-]#[N+]c1ccc(-c2nc(OC[C@@H]3CCN(C)C3)n3ccnc3c2-c2ccc3c(cnn3C)c2)cc1. The van der Waals surface area contributed by atoms with Gasteiger partial charge in [-0.2, -0.15) is 10.1 Å². The van der Waals surface area contributed by atoms with Crippen molar-refractivity contribution in [2.45, 2.75) is 6.42 Å². The Kier molecular flexibility index (Phi) is 5.20. The van der Waals surface area contributed by atoms with Crippen LogP contribution in [0.4, 0.5) is 5.69 Å². The summed E-state index contributed by atoms with van der Waals surface area (Å²) in [5.74, 6) is 0.481. The molecule has 1 aliphatic rings. The van der Waals surface area contributed by atoms with Gasteiger partial charge in [0.15, 0.2) is 11.3 Å². The number of benzene rings is 2. The van der Waals surface area contributed by atoms with E-state index in [0.29, 0.717) is 24.2 Å². The smallest absolute Gasteiger partial charge is 0.302 e. The third kappa shape index (κ3) is 3.80. The van der Waals surface area contributed by atoms with Crippen molar-refractivity contribution in [2.24, 2.45) is 13.0 Å². The second-order valence-corrected chi connectivity index (χ2v) is 9.17. The van der Waals surface area contributed by atoms with Crippen LogP contribution < -0.4 is 4.74 Å². The Morgan fingerprint density at radius 1 is 1.11 bits per heavy atom. The summed E-state index contributed by atoms with van der Waals surface area (Å²) in [6.45, 7) is 10.0. The maximum atomic E-state index is 7.31. The van der Waals surface area contributed by atoms with Crippen LogP contribution in [-0.2, 0) is 7.05 Å². The molecule has 35 heavy (non-hydrogen) atoms. The van der Waals surface area contributed by atoms with Gasteiger partial charge in [-0.05, 0) is 43.3 Å². The van der Waals surface area contributed by atoms with Crippen LogP contribution in [0.3, 0.4) is 0 Å². The number of likely N-dealkylation sites (tertiary alicyclic amines) is 1. The Labute approximate surface area is 203 Å². The van der Waals surface area contributed by atoms with Gasteiger partial charge in [0.2, 0.25) is 0 Å². The highest BCUT2D eigenvalue weighted by molar-refractivity contribution is 5.94.